The molecule has 1 aliphatic heterocycles. The lowest BCUT2D eigenvalue weighted by Gasteiger charge is -2.32. The minimum absolute atomic E-state index is 0.0362. The van der Waals surface area contributed by atoms with Crippen LogP contribution >= 0.6 is 0 Å². The van der Waals surface area contributed by atoms with E-state index >= 15 is 0 Å². The zero-order valence-electron chi connectivity index (χ0n) is 18.2. The minimum atomic E-state index is -2.81. The van der Waals surface area contributed by atoms with E-state index in [1.807, 2.05) is 18.2 Å². The number of carbonyl (C=O) groups excluding carboxylic acids is 1. The summed E-state index contributed by atoms with van der Waals surface area (Å²) in [5.41, 5.74) is 2.89. The van der Waals surface area contributed by atoms with Crippen LogP contribution in [-0.4, -0.2) is 64.0 Å². The zero-order valence-corrected chi connectivity index (χ0v) is 18.2. The van der Waals surface area contributed by atoms with Crippen molar-refractivity contribution in [2.45, 2.75) is 19.0 Å². The molecule has 0 fully saturated rings. The van der Waals surface area contributed by atoms with Gasteiger partial charge in [-0.3, -0.25) is 4.79 Å². The highest BCUT2D eigenvalue weighted by Gasteiger charge is 2.38. The van der Waals surface area contributed by atoms with Gasteiger partial charge in [0.05, 0.1) is 24.8 Å². The first-order chi connectivity index (χ1) is 17.0. The molecule has 6 heterocycles. The number of H-pyrrole nitrogens is 1. The maximum atomic E-state index is 13.5. The number of amides is 1. The summed E-state index contributed by atoms with van der Waals surface area (Å²) in [6, 6.07) is 6.14. The van der Waals surface area contributed by atoms with Crippen LogP contribution in [0.3, 0.4) is 0 Å². The molecule has 0 saturated carbocycles. The maximum absolute atomic E-state index is 13.5. The van der Waals surface area contributed by atoms with E-state index in [4.69, 9.17) is 9.15 Å². The predicted octanol–water partition coefficient (Wildman–Crippen LogP) is 2.50. The Hall–Kier alpha value is -4.62. The number of aromatic nitrogens is 8. The zero-order chi connectivity index (χ0) is 24.1. The second-order valence-corrected chi connectivity index (χ2v) is 7.76. The number of imidazole rings is 1. The van der Waals surface area contributed by atoms with Gasteiger partial charge in [0.15, 0.2) is 0 Å². The van der Waals surface area contributed by atoms with Crippen LogP contribution in [-0.2, 0) is 6.42 Å². The van der Waals surface area contributed by atoms with Gasteiger partial charge in [-0.2, -0.15) is 19.0 Å². The Morgan fingerprint density at radius 3 is 2.94 bits per heavy atom. The van der Waals surface area contributed by atoms with Crippen molar-refractivity contribution in [1.82, 2.24) is 44.5 Å². The molecule has 35 heavy (non-hydrogen) atoms. The van der Waals surface area contributed by atoms with Gasteiger partial charge in [-0.05, 0) is 24.3 Å². The summed E-state index contributed by atoms with van der Waals surface area (Å²) >= 11 is 0. The molecule has 5 aromatic rings. The van der Waals surface area contributed by atoms with Crippen LogP contribution < -0.4 is 4.74 Å². The van der Waals surface area contributed by atoms with E-state index in [1.165, 1.54) is 6.07 Å². The van der Waals surface area contributed by atoms with Crippen LogP contribution in [0.2, 0.25) is 0 Å². The summed E-state index contributed by atoms with van der Waals surface area (Å²) in [4.78, 5) is 22.6. The van der Waals surface area contributed by atoms with Crippen LogP contribution in [0.15, 0.2) is 47.4 Å². The number of carbonyl (C=O) groups is 1. The Labute approximate surface area is 195 Å². The fraction of sp³-hybridized carbons (Fsp3) is 0.238. The standard InChI is InChI=1S/C21H17F2N9O3/c1-34-15-3-2-6-31-14(15)9-13(29-31)17-16-11(24-10-25-16)4-7-30(17)20(33)19-27-26-18(35-19)12-5-8-32(28-12)21(22)23/h2-3,5-6,8-10,17,21H,4,7H2,1H3,(H,24,25)/t17-/m0/s1. The first kappa shape index (κ1) is 20.9. The van der Waals surface area contributed by atoms with E-state index < -0.39 is 18.5 Å². The number of alkyl halides is 2. The third kappa shape index (κ3) is 3.41. The molecule has 12 nitrogen and oxygen atoms in total. The van der Waals surface area contributed by atoms with Gasteiger partial charge in [0.2, 0.25) is 0 Å². The summed E-state index contributed by atoms with van der Waals surface area (Å²) in [7, 11) is 1.57. The minimum Gasteiger partial charge on any atom is -0.494 e. The van der Waals surface area contributed by atoms with Crippen molar-refractivity contribution >= 4 is 11.4 Å². The topological polar surface area (TPSA) is 132 Å². The molecule has 0 aromatic carbocycles. The summed E-state index contributed by atoms with van der Waals surface area (Å²) in [5.74, 6) is -0.345. The molecular formula is C21H17F2N9O3. The molecule has 0 unspecified atom stereocenters. The highest BCUT2D eigenvalue weighted by molar-refractivity contribution is 5.90. The molecule has 1 atom stereocenters. The maximum Gasteiger partial charge on any atom is 0.333 e. The molecule has 1 amide bonds. The molecule has 0 saturated heterocycles. The second-order valence-electron chi connectivity index (χ2n) is 7.76. The molecule has 1 aliphatic rings. The van der Waals surface area contributed by atoms with Crippen molar-refractivity contribution in [3.05, 3.63) is 66.0 Å². The van der Waals surface area contributed by atoms with E-state index in [-0.39, 0.29) is 17.5 Å². The molecule has 6 rings (SSSR count). The van der Waals surface area contributed by atoms with E-state index in [0.717, 1.165) is 17.4 Å². The van der Waals surface area contributed by atoms with Crippen LogP contribution in [0.4, 0.5) is 8.78 Å². The highest BCUT2D eigenvalue weighted by Crippen LogP contribution is 2.35. The monoisotopic (exact) mass is 481 g/mol. The molecule has 5 aromatic heterocycles. The Bertz CT molecular complexity index is 1540. The van der Waals surface area contributed by atoms with Crippen molar-refractivity contribution in [3.8, 4) is 17.3 Å². The molecule has 0 radical (unpaired) electrons. The van der Waals surface area contributed by atoms with Crippen LogP contribution in [0.25, 0.3) is 17.1 Å². The molecule has 0 bridgehead atoms. The number of nitrogens with zero attached hydrogens (tertiary/aromatic N) is 8. The van der Waals surface area contributed by atoms with E-state index in [1.54, 1.807) is 29.0 Å². The number of rotatable bonds is 5. The van der Waals surface area contributed by atoms with Crippen molar-refractivity contribution in [1.29, 1.82) is 0 Å². The van der Waals surface area contributed by atoms with Crippen molar-refractivity contribution < 1.29 is 22.7 Å². The number of aromatic amines is 1. The number of halogens is 2. The van der Waals surface area contributed by atoms with E-state index in [0.29, 0.717) is 34.8 Å². The van der Waals surface area contributed by atoms with Gasteiger partial charge in [-0.15, -0.1) is 10.2 Å². The number of nitrogens with one attached hydrogen (secondary N) is 1. The van der Waals surface area contributed by atoms with Gasteiger partial charge in [0.25, 0.3) is 5.89 Å². The largest absolute Gasteiger partial charge is 0.494 e. The molecular weight excluding hydrogens is 464 g/mol. The van der Waals surface area contributed by atoms with Gasteiger partial charge < -0.3 is 19.0 Å². The van der Waals surface area contributed by atoms with E-state index in [2.05, 4.69) is 30.4 Å². The number of pyridine rings is 1. The van der Waals surface area contributed by atoms with Gasteiger partial charge in [0.1, 0.15) is 23.0 Å². The quantitative estimate of drug-likeness (QED) is 0.405. The third-order valence-electron chi connectivity index (χ3n) is 5.80. The molecule has 1 N–H and O–H groups in total. The average molecular weight is 481 g/mol. The van der Waals surface area contributed by atoms with Gasteiger partial charge >= 0.3 is 18.3 Å². The van der Waals surface area contributed by atoms with Crippen LogP contribution in [0.1, 0.15) is 40.4 Å². The van der Waals surface area contributed by atoms with E-state index in [9.17, 15) is 13.6 Å². The number of ether oxygens (including phenoxy) is 1. The fourth-order valence-corrected chi connectivity index (χ4v) is 4.21. The fourth-order valence-electron chi connectivity index (χ4n) is 4.21. The lowest BCUT2D eigenvalue weighted by Crippen LogP contribution is -2.41. The Balaban J connectivity index is 1.38. The summed E-state index contributed by atoms with van der Waals surface area (Å²) < 4.78 is 38.8. The Morgan fingerprint density at radius 2 is 2.14 bits per heavy atom. The second kappa shape index (κ2) is 8.00. The highest BCUT2D eigenvalue weighted by atomic mass is 19.3. The van der Waals surface area contributed by atoms with Crippen LogP contribution in [0.5, 0.6) is 5.75 Å². The first-order valence-electron chi connectivity index (χ1n) is 10.6. The van der Waals surface area contributed by atoms with Crippen molar-refractivity contribution in [2.24, 2.45) is 0 Å². The lowest BCUT2D eigenvalue weighted by molar-refractivity contribution is 0.0566. The summed E-state index contributed by atoms with van der Waals surface area (Å²) in [5, 5.41) is 16.0. The predicted molar refractivity (Wildman–Crippen MR) is 114 cm³/mol. The summed E-state index contributed by atoms with van der Waals surface area (Å²) in [6.45, 7) is -2.48. The average Bonchev–Trinajstić information content (AvgIpc) is 3.67. The SMILES string of the molecule is COc1cccn2nc([C@H]3c4nc[nH]c4CCN3C(=O)c3nnc(-c4ccn(C(F)F)n4)o3)cc12. The number of methoxy groups -OCH3 is 1. The van der Waals surface area contributed by atoms with Gasteiger partial charge in [0, 0.05) is 31.1 Å². The number of hydrogen-bond donors (Lipinski definition) is 1. The smallest absolute Gasteiger partial charge is 0.333 e. The third-order valence-corrected chi connectivity index (χ3v) is 5.80. The molecule has 0 spiro atoms. The molecule has 178 valence electrons. The van der Waals surface area contributed by atoms with Crippen molar-refractivity contribution in [3.63, 3.8) is 0 Å². The number of fused-ring (bicyclic) bond motifs is 2. The normalized spacial score (nSPS) is 15.7. The van der Waals surface area contributed by atoms with Crippen LogP contribution in [0, 0.1) is 0 Å². The van der Waals surface area contributed by atoms with Crippen molar-refractivity contribution in [2.75, 3.05) is 13.7 Å². The Kier molecular flexibility index (Phi) is 4.79. The molecule has 0 aliphatic carbocycles. The van der Waals surface area contributed by atoms with Gasteiger partial charge in [-0.25, -0.2) is 14.2 Å². The molecule has 14 heteroatoms. The summed E-state index contributed by atoms with van der Waals surface area (Å²) in [6.07, 6.45) is 4.98. The first-order valence-corrected chi connectivity index (χ1v) is 10.6. The Morgan fingerprint density at radius 1 is 1.26 bits per heavy atom. The number of hydrogen-bond acceptors (Lipinski definition) is 8. The van der Waals surface area contributed by atoms with Gasteiger partial charge in [-0.1, -0.05) is 0 Å². The lowest BCUT2D eigenvalue weighted by atomic mass is 9.99.